The molecule has 1 N–H and O–H groups in total. The topological polar surface area (TPSA) is 15.3 Å². The maximum atomic E-state index is 3.63. The van der Waals surface area contributed by atoms with Crippen LogP contribution in [0.3, 0.4) is 0 Å². The van der Waals surface area contributed by atoms with Crippen molar-refractivity contribution in [1.29, 1.82) is 0 Å². The van der Waals surface area contributed by atoms with Crippen molar-refractivity contribution < 1.29 is 0 Å². The molecule has 1 fully saturated rings. The Hall–Kier alpha value is -0.0800. The monoisotopic (exact) mass is 272 g/mol. The van der Waals surface area contributed by atoms with E-state index in [1.165, 1.54) is 45.3 Å². The van der Waals surface area contributed by atoms with Gasteiger partial charge in [0.05, 0.1) is 0 Å². The summed E-state index contributed by atoms with van der Waals surface area (Å²) in [7, 11) is 2.25. The highest BCUT2D eigenvalue weighted by Gasteiger charge is 2.33. The summed E-state index contributed by atoms with van der Waals surface area (Å²) in [5, 5.41) is 3.63. The molecule has 0 aliphatic carbocycles. The van der Waals surface area contributed by atoms with Crippen LogP contribution < -0.4 is 5.32 Å². The van der Waals surface area contributed by atoms with Crippen molar-refractivity contribution in [3.05, 3.63) is 0 Å². The van der Waals surface area contributed by atoms with E-state index in [1.807, 2.05) is 27.7 Å². The molecule has 0 aromatic rings. The molecule has 0 saturated carbocycles. The SMILES string of the molecule is CC.CC.CCCCN(C)CCC1NCCC1(C)C. The van der Waals surface area contributed by atoms with Crippen molar-refractivity contribution in [2.24, 2.45) is 5.41 Å². The molecule has 2 nitrogen and oxygen atoms in total. The van der Waals surface area contributed by atoms with Gasteiger partial charge in [-0.3, -0.25) is 0 Å². The zero-order valence-electron chi connectivity index (χ0n) is 15.0. The molecule has 0 radical (unpaired) electrons. The van der Waals surface area contributed by atoms with E-state index in [0.29, 0.717) is 5.41 Å². The van der Waals surface area contributed by atoms with E-state index < -0.39 is 0 Å². The van der Waals surface area contributed by atoms with E-state index in [4.69, 9.17) is 0 Å². The molecular weight excluding hydrogens is 232 g/mol. The summed E-state index contributed by atoms with van der Waals surface area (Å²) in [6.07, 6.45) is 5.26. The predicted octanol–water partition coefficient (Wildman–Crippen LogP) is 4.55. The zero-order chi connectivity index (χ0) is 15.3. The zero-order valence-corrected chi connectivity index (χ0v) is 15.0. The van der Waals surface area contributed by atoms with Gasteiger partial charge in [-0.05, 0) is 51.4 Å². The largest absolute Gasteiger partial charge is 0.313 e. The average Bonchev–Trinajstić information content (AvgIpc) is 2.77. The number of nitrogens with one attached hydrogen (secondary N) is 1. The molecule has 19 heavy (non-hydrogen) atoms. The highest BCUT2D eigenvalue weighted by atomic mass is 15.1. The first-order valence-electron chi connectivity index (χ1n) is 8.48. The third-order valence-electron chi connectivity index (χ3n) is 3.80. The van der Waals surface area contributed by atoms with Crippen molar-refractivity contribution in [2.45, 2.75) is 80.2 Å². The Morgan fingerprint density at radius 3 is 2.11 bits per heavy atom. The molecule has 1 rings (SSSR count). The second kappa shape index (κ2) is 12.9. The minimum absolute atomic E-state index is 0.506. The number of hydrogen-bond donors (Lipinski definition) is 1. The van der Waals surface area contributed by atoms with Gasteiger partial charge < -0.3 is 10.2 Å². The van der Waals surface area contributed by atoms with Crippen LogP contribution in [0.4, 0.5) is 0 Å². The molecule has 118 valence electrons. The molecule has 1 heterocycles. The van der Waals surface area contributed by atoms with Crippen LogP contribution >= 0.6 is 0 Å². The Kier molecular flexibility index (Phi) is 14.4. The van der Waals surface area contributed by atoms with Crippen LogP contribution in [0.15, 0.2) is 0 Å². The first-order chi connectivity index (χ1) is 9.06. The van der Waals surface area contributed by atoms with Gasteiger partial charge in [0.1, 0.15) is 0 Å². The Morgan fingerprint density at radius 2 is 1.68 bits per heavy atom. The van der Waals surface area contributed by atoms with Crippen LogP contribution in [-0.4, -0.2) is 37.6 Å². The first-order valence-corrected chi connectivity index (χ1v) is 8.48. The third-order valence-corrected chi connectivity index (χ3v) is 3.80. The van der Waals surface area contributed by atoms with E-state index >= 15 is 0 Å². The highest BCUT2D eigenvalue weighted by Crippen LogP contribution is 2.31. The maximum absolute atomic E-state index is 3.63. The first kappa shape index (κ1) is 21.2. The molecule has 1 unspecified atom stereocenters. The fourth-order valence-electron chi connectivity index (χ4n) is 2.40. The summed E-state index contributed by atoms with van der Waals surface area (Å²) in [6.45, 7) is 18.7. The van der Waals surface area contributed by atoms with Crippen molar-refractivity contribution >= 4 is 0 Å². The minimum Gasteiger partial charge on any atom is -0.313 e. The standard InChI is InChI=1S/C13H28N2.2C2H6/c1-5-6-10-15(4)11-7-12-13(2,3)8-9-14-12;2*1-2/h12,14H,5-11H2,1-4H3;2*1-2H3. The molecule has 1 aliphatic rings. The molecule has 0 aromatic heterocycles. The molecular formula is C17H40N2. The highest BCUT2D eigenvalue weighted by molar-refractivity contribution is 4.90. The summed E-state index contributed by atoms with van der Waals surface area (Å²) < 4.78 is 0. The molecule has 0 spiro atoms. The van der Waals surface area contributed by atoms with Crippen molar-refractivity contribution in [3.8, 4) is 0 Å². The summed E-state index contributed by atoms with van der Waals surface area (Å²) in [6, 6.07) is 0.724. The van der Waals surface area contributed by atoms with Gasteiger partial charge in [-0.15, -0.1) is 0 Å². The number of unbranched alkanes of at least 4 members (excludes halogenated alkanes) is 1. The lowest BCUT2D eigenvalue weighted by Gasteiger charge is -2.28. The van der Waals surface area contributed by atoms with E-state index in [1.54, 1.807) is 0 Å². The van der Waals surface area contributed by atoms with Crippen LogP contribution in [0, 0.1) is 5.41 Å². The number of hydrogen-bond acceptors (Lipinski definition) is 2. The fourth-order valence-corrected chi connectivity index (χ4v) is 2.40. The van der Waals surface area contributed by atoms with Gasteiger partial charge in [0.2, 0.25) is 0 Å². The molecule has 0 bridgehead atoms. The summed E-state index contributed by atoms with van der Waals surface area (Å²) >= 11 is 0. The Bertz CT molecular complexity index is 178. The molecule has 1 aliphatic heterocycles. The van der Waals surface area contributed by atoms with E-state index in [2.05, 4.69) is 38.0 Å². The van der Waals surface area contributed by atoms with Gasteiger partial charge in [-0.25, -0.2) is 0 Å². The van der Waals surface area contributed by atoms with Gasteiger partial charge in [0.25, 0.3) is 0 Å². The molecule has 0 amide bonds. The Morgan fingerprint density at radius 1 is 1.11 bits per heavy atom. The van der Waals surface area contributed by atoms with Crippen molar-refractivity contribution in [1.82, 2.24) is 10.2 Å². The quantitative estimate of drug-likeness (QED) is 0.763. The van der Waals surface area contributed by atoms with Gasteiger partial charge in [-0.1, -0.05) is 54.9 Å². The van der Waals surface area contributed by atoms with E-state index in [0.717, 1.165) is 6.04 Å². The van der Waals surface area contributed by atoms with Gasteiger partial charge in [0, 0.05) is 6.04 Å². The van der Waals surface area contributed by atoms with E-state index in [-0.39, 0.29) is 0 Å². The number of nitrogens with zero attached hydrogens (tertiary/aromatic N) is 1. The molecule has 1 atom stereocenters. The lowest BCUT2D eigenvalue weighted by molar-refractivity contribution is 0.250. The Balaban J connectivity index is 0. The van der Waals surface area contributed by atoms with Crippen LogP contribution in [0.1, 0.15) is 74.1 Å². The Labute approximate surface area is 123 Å². The van der Waals surface area contributed by atoms with Crippen molar-refractivity contribution in [2.75, 3.05) is 26.7 Å². The third kappa shape index (κ3) is 9.45. The maximum Gasteiger partial charge on any atom is 0.0131 e. The fraction of sp³-hybridized carbons (Fsp3) is 1.00. The smallest absolute Gasteiger partial charge is 0.0131 e. The predicted molar refractivity (Wildman–Crippen MR) is 89.9 cm³/mol. The lowest BCUT2D eigenvalue weighted by atomic mass is 9.83. The number of rotatable bonds is 6. The van der Waals surface area contributed by atoms with Gasteiger partial charge in [-0.2, -0.15) is 0 Å². The summed E-state index contributed by atoms with van der Waals surface area (Å²) in [5.74, 6) is 0. The van der Waals surface area contributed by atoms with Crippen LogP contribution in [-0.2, 0) is 0 Å². The second-order valence-electron chi connectivity index (χ2n) is 5.69. The van der Waals surface area contributed by atoms with Crippen molar-refractivity contribution in [3.63, 3.8) is 0 Å². The molecule has 0 aromatic carbocycles. The van der Waals surface area contributed by atoms with E-state index in [9.17, 15) is 0 Å². The van der Waals surface area contributed by atoms with Crippen LogP contribution in [0.2, 0.25) is 0 Å². The van der Waals surface area contributed by atoms with Crippen LogP contribution in [0.5, 0.6) is 0 Å². The van der Waals surface area contributed by atoms with Crippen LogP contribution in [0.25, 0.3) is 0 Å². The normalized spacial score (nSPS) is 20.4. The summed E-state index contributed by atoms with van der Waals surface area (Å²) in [4.78, 5) is 2.47. The second-order valence-corrected chi connectivity index (χ2v) is 5.69. The molecule has 1 saturated heterocycles. The average molecular weight is 273 g/mol. The van der Waals surface area contributed by atoms with Gasteiger partial charge >= 0.3 is 0 Å². The lowest BCUT2D eigenvalue weighted by Crippen LogP contribution is -2.36. The van der Waals surface area contributed by atoms with Gasteiger partial charge in [0.15, 0.2) is 0 Å². The summed E-state index contributed by atoms with van der Waals surface area (Å²) in [5.41, 5.74) is 0.506. The minimum atomic E-state index is 0.506. The molecule has 2 heteroatoms.